The first-order valence-corrected chi connectivity index (χ1v) is 8.84. The second-order valence-corrected chi connectivity index (χ2v) is 6.14. The van der Waals surface area contributed by atoms with Gasteiger partial charge in [-0.25, -0.2) is 0 Å². The smallest absolute Gasteiger partial charge is 0.266 e. The maximum absolute atomic E-state index is 12.5. The summed E-state index contributed by atoms with van der Waals surface area (Å²) in [7, 11) is 0. The van der Waals surface area contributed by atoms with Crippen LogP contribution in [0.4, 0.5) is 11.4 Å². The lowest BCUT2D eigenvalue weighted by atomic mass is 10.1. The molecule has 0 spiro atoms. The zero-order valence-electron chi connectivity index (χ0n) is 15.8. The lowest BCUT2D eigenvalue weighted by molar-refractivity contribution is -0.112. The highest BCUT2D eigenvalue weighted by Gasteiger charge is 2.11. The molecular formula is C22H25N3O. The fourth-order valence-corrected chi connectivity index (χ4v) is 2.76. The van der Waals surface area contributed by atoms with Crippen molar-refractivity contribution >= 4 is 23.4 Å². The van der Waals surface area contributed by atoms with Crippen LogP contribution in [0, 0.1) is 25.2 Å². The number of amides is 1. The van der Waals surface area contributed by atoms with Crippen molar-refractivity contribution in [3.05, 3.63) is 64.7 Å². The molecule has 0 aliphatic heterocycles. The Hall–Kier alpha value is -3.06. The molecule has 0 fully saturated rings. The molecule has 0 saturated heterocycles. The Morgan fingerprint density at radius 1 is 1.12 bits per heavy atom. The quantitative estimate of drug-likeness (QED) is 0.609. The number of nitrogens with one attached hydrogen (secondary N) is 1. The standard InChI is InChI=1S/C22H25N3O/c1-5-25(6-2)20-12-10-18(11-13-20)14-19(15-23)22(26)24-21-9-7-8-16(3)17(21)4/h7-14H,5-6H2,1-4H3,(H,24,26)/b19-14+. The summed E-state index contributed by atoms with van der Waals surface area (Å²) in [6, 6.07) is 15.6. The van der Waals surface area contributed by atoms with Crippen molar-refractivity contribution in [1.29, 1.82) is 5.26 Å². The van der Waals surface area contributed by atoms with Gasteiger partial charge in [-0.15, -0.1) is 0 Å². The summed E-state index contributed by atoms with van der Waals surface area (Å²) in [5.74, 6) is -0.394. The third kappa shape index (κ3) is 4.52. The van der Waals surface area contributed by atoms with Crippen molar-refractivity contribution in [2.45, 2.75) is 27.7 Å². The summed E-state index contributed by atoms with van der Waals surface area (Å²) in [6.07, 6.45) is 1.62. The molecule has 0 unspecified atom stereocenters. The van der Waals surface area contributed by atoms with Crippen LogP contribution in [-0.2, 0) is 4.79 Å². The predicted molar refractivity (Wildman–Crippen MR) is 108 cm³/mol. The van der Waals surface area contributed by atoms with E-state index >= 15 is 0 Å². The third-order valence-corrected chi connectivity index (χ3v) is 4.55. The minimum Gasteiger partial charge on any atom is -0.372 e. The van der Waals surface area contributed by atoms with Crippen LogP contribution in [0.15, 0.2) is 48.0 Å². The van der Waals surface area contributed by atoms with Gasteiger partial charge in [-0.2, -0.15) is 5.26 Å². The first-order chi connectivity index (χ1) is 12.5. The molecule has 0 bridgehead atoms. The van der Waals surface area contributed by atoms with Crippen LogP contribution >= 0.6 is 0 Å². The number of hydrogen-bond donors (Lipinski definition) is 1. The molecule has 0 aliphatic carbocycles. The van der Waals surface area contributed by atoms with Gasteiger partial charge in [-0.3, -0.25) is 4.79 Å². The summed E-state index contributed by atoms with van der Waals surface area (Å²) in [5.41, 5.74) is 4.87. The fourth-order valence-electron chi connectivity index (χ4n) is 2.76. The monoisotopic (exact) mass is 347 g/mol. The summed E-state index contributed by atoms with van der Waals surface area (Å²) >= 11 is 0. The van der Waals surface area contributed by atoms with E-state index < -0.39 is 5.91 Å². The van der Waals surface area contributed by atoms with Crippen LogP contribution < -0.4 is 10.2 Å². The van der Waals surface area contributed by atoms with Gasteiger partial charge in [0.1, 0.15) is 11.6 Å². The Morgan fingerprint density at radius 2 is 1.77 bits per heavy atom. The maximum atomic E-state index is 12.5. The molecule has 2 aromatic carbocycles. The molecule has 1 amide bonds. The number of nitriles is 1. The SMILES string of the molecule is CCN(CC)c1ccc(/C=C(\C#N)C(=O)Nc2cccc(C)c2C)cc1. The van der Waals surface area contributed by atoms with E-state index in [0.29, 0.717) is 0 Å². The molecule has 4 nitrogen and oxygen atoms in total. The number of rotatable bonds is 6. The topological polar surface area (TPSA) is 56.1 Å². The van der Waals surface area contributed by atoms with E-state index in [1.807, 2.05) is 62.4 Å². The Morgan fingerprint density at radius 3 is 2.35 bits per heavy atom. The van der Waals surface area contributed by atoms with Gasteiger partial charge in [0, 0.05) is 24.5 Å². The number of anilines is 2. The van der Waals surface area contributed by atoms with Gasteiger partial charge in [-0.1, -0.05) is 24.3 Å². The number of hydrogen-bond acceptors (Lipinski definition) is 3. The predicted octanol–water partition coefficient (Wildman–Crippen LogP) is 4.70. The zero-order chi connectivity index (χ0) is 19.1. The second-order valence-electron chi connectivity index (χ2n) is 6.14. The van der Waals surface area contributed by atoms with Crippen LogP contribution in [0.25, 0.3) is 6.08 Å². The van der Waals surface area contributed by atoms with E-state index in [1.54, 1.807) is 6.08 Å². The Labute approximate surface area is 155 Å². The lowest BCUT2D eigenvalue weighted by Gasteiger charge is -2.20. The number of nitrogens with zero attached hydrogens (tertiary/aromatic N) is 2. The average Bonchev–Trinajstić information content (AvgIpc) is 2.65. The third-order valence-electron chi connectivity index (χ3n) is 4.55. The van der Waals surface area contributed by atoms with Gasteiger partial charge in [0.15, 0.2) is 0 Å². The van der Waals surface area contributed by atoms with Gasteiger partial charge >= 0.3 is 0 Å². The van der Waals surface area contributed by atoms with E-state index in [1.165, 1.54) is 0 Å². The highest BCUT2D eigenvalue weighted by atomic mass is 16.1. The molecule has 2 rings (SSSR count). The molecule has 0 aliphatic rings. The average molecular weight is 347 g/mol. The molecule has 0 saturated carbocycles. The van der Waals surface area contributed by atoms with E-state index in [4.69, 9.17) is 0 Å². The zero-order valence-corrected chi connectivity index (χ0v) is 15.8. The molecule has 4 heteroatoms. The Balaban J connectivity index is 2.20. The molecule has 0 heterocycles. The number of carbonyl (C=O) groups is 1. The van der Waals surface area contributed by atoms with E-state index in [-0.39, 0.29) is 5.57 Å². The Bertz CT molecular complexity index is 841. The molecule has 0 aromatic heterocycles. The Kier molecular flexibility index (Phi) is 6.57. The molecule has 134 valence electrons. The lowest BCUT2D eigenvalue weighted by Crippen LogP contribution is -2.21. The van der Waals surface area contributed by atoms with Crippen LogP contribution in [0.2, 0.25) is 0 Å². The van der Waals surface area contributed by atoms with E-state index in [9.17, 15) is 10.1 Å². The minimum atomic E-state index is -0.394. The van der Waals surface area contributed by atoms with Gasteiger partial charge < -0.3 is 10.2 Å². The van der Waals surface area contributed by atoms with E-state index in [2.05, 4.69) is 24.1 Å². The van der Waals surface area contributed by atoms with Crippen LogP contribution in [0.5, 0.6) is 0 Å². The van der Waals surface area contributed by atoms with Gasteiger partial charge in [0.25, 0.3) is 5.91 Å². The molecule has 0 atom stereocenters. The molecule has 0 radical (unpaired) electrons. The first-order valence-electron chi connectivity index (χ1n) is 8.84. The molecular weight excluding hydrogens is 322 g/mol. The van der Waals surface area contributed by atoms with Crippen molar-refractivity contribution in [2.24, 2.45) is 0 Å². The van der Waals surface area contributed by atoms with Crippen LogP contribution in [-0.4, -0.2) is 19.0 Å². The van der Waals surface area contributed by atoms with Crippen molar-refractivity contribution in [2.75, 3.05) is 23.3 Å². The van der Waals surface area contributed by atoms with Gasteiger partial charge in [0.2, 0.25) is 0 Å². The van der Waals surface area contributed by atoms with Crippen molar-refractivity contribution < 1.29 is 4.79 Å². The van der Waals surface area contributed by atoms with Crippen LogP contribution in [0.3, 0.4) is 0 Å². The number of benzene rings is 2. The first kappa shape index (κ1) is 19.3. The summed E-state index contributed by atoms with van der Waals surface area (Å²) in [6.45, 7) is 10.0. The maximum Gasteiger partial charge on any atom is 0.266 e. The second kappa shape index (κ2) is 8.87. The normalized spacial score (nSPS) is 11.0. The van der Waals surface area contributed by atoms with E-state index in [0.717, 1.165) is 41.2 Å². The van der Waals surface area contributed by atoms with Gasteiger partial charge in [-0.05, 0) is 68.7 Å². The van der Waals surface area contributed by atoms with Gasteiger partial charge in [0.05, 0.1) is 0 Å². The minimum absolute atomic E-state index is 0.0847. The highest BCUT2D eigenvalue weighted by Crippen LogP contribution is 2.20. The number of carbonyl (C=O) groups excluding carboxylic acids is 1. The molecule has 1 N–H and O–H groups in total. The molecule has 26 heavy (non-hydrogen) atoms. The summed E-state index contributed by atoms with van der Waals surface area (Å²) in [4.78, 5) is 14.7. The fraction of sp³-hybridized carbons (Fsp3) is 0.273. The molecule has 2 aromatic rings. The summed E-state index contributed by atoms with van der Waals surface area (Å²) in [5, 5.41) is 12.2. The van der Waals surface area contributed by atoms with Crippen molar-refractivity contribution in [1.82, 2.24) is 0 Å². The summed E-state index contributed by atoms with van der Waals surface area (Å²) < 4.78 is 0. The highest BCUT2D eigenvalue weighted by molar-refractivity contribution is 6.10. The van der Waals surface area contributed by atoms with Crippen LogP contribution in [0.1, 0.15) is 30.5 Å². The number of aryl methyl sites for hydroxylation is 1. The largest absolute Gasteiger partial charge is 0.372 e. The van der Waals surface area contributed by atoms with Crippen molar-refractivity contribution in [3.63, 3.8) is 0 Å². The van der Waals surface area contributed by atoms with Crippen molar-refractivity contribution in [3.8, 4) is 6.07 Å².